The van der Waals surface area contributed by atoms with Gasteiger partial charge in [-0.05, 0) is 57.2 Å². The molecule has 1 N–H and O–H groups in total. The Morgan fingerprint density at radius 3 is 2.56 bits per heavy atom. The molecule has 1 aromatic carbocycles. The van der Waals surface area contributed by atoms with E-state index in [-0.39, 0.29) is 5.69 Å². The highest BCUT2D eigenvalue weighted by molar-refractivity contribution is 6.03. The zero-order chi connectivity index (χ0) is 23.7. The fraction of sp³-hybridized carbons (Fsp3) is 0.125. The Morgan fingerprint density at radius 1 is 1.03 bits per heavy atom. The van der Waals surface area contributed by atoms with Crippen LogP contribution in [0.25, 0.3) is 17.3 Å². The quantitative estimate of drug-likeness (QED) is 0.384. The Bertz CT molecular complexity index is 1450. The molecule has 170 valence electrons. The normalized spacial score (nSPS) is 10.9. The SMILES string of the molecule is Cc1nc(Oc2ccc(NC(=O)c3cc(-c4ccco4)on3)cc2)cc(-n2cnc(C)c2C)n1. The fourth-order valence-electron chi connectivity index (χ4n) is 3.27. The highest BCUT2D eigenvalue weighted by atomic mass is 16.5. The number of furan rings is 1. The second-order valence-electron chi connectivity index (χ2n) is 7.53. The number of carbonyl (C=O) groups excluding carboxylic acids is 1. The summed E-state index contributed by atoms with van der Waals surface area (Å²) in [4.78, 5) is 25.6. The molecule has 10 nitrogen and oxygen atoms in total. The lowest BCUT2D eigenvalue weighted by molar-refractivity contribution is 0.101. The smallest absolute Gasteiger partial charge is 0.277 e. The van der Waals surface area contributed by atoms with Crippen LogP contribution < -0.4 is 10.1 Å². The van der Waals surface area contributed by atoms with Crippen molar-refractivity contribution in [3.05, 3.63) is 84.0 Å². The maximum atomic E-state index is 12.5. The molecule has 5 rings (SSSR count). The summed E-state index contributed by atoms with van der Waals surface area (Å²) in [5.41, 5.74) is 2.64. The summed E-state index contributed by atoms with van der Waals surface area (Å²) in [6.45, 7) is 5.72. The number of amides is 1. The van der Waals surface area contributed by atoms with Crippen LogP contribution in [-0.4, -0.2) is 30.6 Å². The van der Waals surface area contributed by atoms with Gasteiger partial charge in [0.05, 0.1) is 12.0 Å². The van der Waals surface area contributed by atoms with Crippen molar-refractivity contribution in [3.63, 3.8) is 0 Å². The monoisotopic (exact) mass is 456 g/mol. The molecular formula is C24H20N6O4. The fourth-order valence-corrected chi connectivity index (χ4v) is 3.27. The molecular weight excluding hydrogens is 436 g/mol. The van der Waals surface area contributed by atoms with E-state index in [0.29, 0.717) is 40.5 Å². The predicted molar refractivity (Wildman–Crippen MR) is 122 cm³/mol. The Balaban J connectivity index is 1.28. The number of anilines is 1. The molecule has 0 aliphatic carbocycles. The summed E-state index contributed by atoms with van der Waals surface area (Å²) in [6, 6.07) is 13.6. The first-order chi connectivity index (χ1) is 16.5. The number of rotatable bonds is 6. The summed E-state index contributed by atoms with van der Waals surface area (Å²) < 4.78 is 18.2. The third kappa shape index (κ3) is 4.29. The molecule has 0 bridgehead atoms. The number of nitrogens with one attached hydrogen (secondary N) is 1. The lowest BCUT2D eigenvalue weighted by Crippen LogP contribution is -2.12. The van der Waals surface area contributed by atoms with Gasteiger partial charge in [0.1, 0.15) is 23.7 Å². The van der Waals surface area contributed by atoms with Crippen LogP contribution >= 0.6 is 0 Å². The number of nitrogens with zero attached hydrogens (tertiary/aromatic N) is 5. The van der Waals surface area contributed by atoms with Gasteiger partial charge >= 0.3 is 0 Å². The van der Waals surface area contributed by atoms with Gasteiger partial charge in [-0.15, -0.1) is 0 Å². The second-order valence-corrected chi connectivity index (χ2v) is 7.53. The number of hydrogen-bond acceptors (Lipinski definition) is 8. The molecule has 4 heterocycles. The van der Waals surface area contributed by atoms with Gasteiger partial charge in [-0.1, -0.05) is 5.16 Å². The van der Waals surface area contributed by atoms with Crippen molar-refractivity contribution in [3.8, 4) is 29.0 Å². The highest BCUT2D eigenvalue weighted by Gasteiger charge is 2.16. The number of carbonyl (C=O) groups is 1. The molecule has 0 saturated carbocycles. The van der Waals surface area contributed by atoms with Crippen molar-refractivity contribution in [2.75, 3.05) is 5.32 Å². The van der Waals surface area contributed by atoms with Gasteiger partial charge in [-0.3, -0.25) is 9.36 Å². The zero-order valence-corrected chi connectivity index (χ0v) is 18.6. The maximum absolute atomic E-state index is 12.5. The summed E-state index contributed by atoms with van der Waals surface area (Å²) >= 11 is 0. The van der Waals surface area contributed by atoms with E-state index in [9.17, 15) is 4.79 Å². The largest absolute Gasteiger partial charge is 0.461 e. The molecule has 0 fully saturated rings. The maximum Gasteiger partial charge on any atom is 0.277 e. The van der Waals surface area contributed by atoms with E-state index in [1.165, 1.54) is 12.3 Å². The lowest BCUT2D eigenvalue weighted by atomic mass is 10.2. The minimum Gasteiger partial charge on any atom is -0.461 e. The van der Waals surface area contributed by atoms with Crippen LogP contribution in [0.1, 0.15) is 27.7 Å². The molecule has 0 saturated heterocycles. The number of imidazole rings is 1. The minimum absolute atomic E-state index is 0.140. The van der Waals surface area contributed by atoms with Crippen molar-refractivity contribution in [1.82, 2.24) is 24.7 Å². The number of ether oxygens (including phenoxy) is 1. The molecule has 0 aliphatic rings. The molecule has 0 radical (unpaired) electrons. The summed E-state index contributed by atoms with van der Waals surface area (Å²) in [6.07, 6.45) is 3.24. The van der Waals surface area contributed by atoms with Gasteiger partial charge in [0, 0.05) is 23.5 Å². The number of aromatic nitrogens is 5. The Morgan fingerprint density at radius 2 is 1.85 bits per heavy atom. The number of benzene rings is 1. The third-order valence-corrected chi connectivity index (χ3v) is 5.14. The van der Waals surface area contributed by atoms with Crippen LogP contribution in [0.5, 0.6) is 11.6 Å². The first-order valence-corrected chi connectivity index (χ1v) is 10.4. The van der Waals surface area contributed by atoms with E-state index in [0.717, 1.165) is 11.4 Å². The van der Waals surface area contributed by atoms with Crippen LogP contribution in [0.3, 0.4) is 0 Å². The number of aryl methyl sites for hydroxylation is 2. The molecule has 0 atom stereocenters. The van der Waals surface area contributed by atoms with Gasteiger partial charge in [0.25, 0.3) is 5.91 Å². The van der Waals surface area contributed by atoms with Gasteiger partial charge < -0.3 is 19.0 Å². The van der Waals surface area contributed by atoms with Crippen LogP contribution in [0.2, 0.25) is 0 Å². The average molecular weight is 456 g/mol. The molecule has 34 heavy (non-hydrogen) atoms. The summed E-state index contributed by atoms with van der Waals surface area (Å²) in [7, 11) is 0. The molecule has 4 aromatic heterocycles. The van der Waals surface area contributed by atoms with E-state index >= 15 is 0 Å². The van der Waals surface area contributed by atoms with Gasteiger partial charge in [-0.25, -0.2) is 9.97 Å². The molecule has 0 aliphatic heterocycles. The van der Waals surface area contributed by atoms with Crippen molar-refractivity contribution in [1.29, 1.82) is 0 Å². The van der Waals surface area contributed by atoms with Crippen LogP contribution in [0.4, 0.5) is 5.69 Å². The Labute approximate surface area is 194 Å². The van der Waals surface area contributed by atoms with Gasteiger partial charge in [0.2, 0.25) is 11.6 Å². The topological polar surface area (TPSA) is 121 Å². The van der Waals surface area contributed by atoms with Crippen LogP contribution in [-0.2, 0) is 0 Å². The first kappa shape index (κ1) is 21.1. The van der Waals surface area contributed by atoms with E-state index in [2.05, 4.69) is 25.4 Å². The second kappa shape index (κ2) is 8.66. The van der Waals surface area contributed by atoms with Crippen molar-refractivity contribution < 1.29 is 18.5 Å². The van der Waals surface area contributed by atoms with E-state index in [1.807, 2.05) is 18.4 Å². The van der Waals surface area contributed by atoms with E-state index < -0.39 is 5.91 Å². The molecule has 5 aromatic rings. The molecule has 0 unspecified atom stereocenters. The molecule has 1 amide bonds. The highest BCUT2D eigenvalue weighted by Crippen LogP contribution is 2.25. The van der Waals surface area contributed by atoms with Crippen LogP contribution in [0, 0.1) is 20.8 Å². The minimum atomic E-state index is -0.405. The van der Waals surface area contributed by atoms with E-state index in [1.54, 1.807) is 55.7 Å². The number of hydrogen-bond donors (Lipinski definition) is 1. The molecule has 10 heteroatoms. The van der Waals surface area contributed by atoms with Crippen LogP contribution in [0.15, 0.2) is 70.1 Å². The third-order valence-electron chi connectivity index (χ3n) is 5.14. The van der Waals surface area contributed by atoms with Gasteiger partial charge in [0.15, 0.2) is 11.5 Å². The molecule has 0 spiro atoms. The summed E-state index contributed by atoms with van der Waals surface area (Å²) in [5, 5.41) is 6.57. The summed E-state index contributed by atoms with van der Waals surface area (Å²) in [5.74, 6) is 2.67. The van der Waals surface area contributed by atoms with Crippen molar-refractivity contribution in [2.45, 2.75) is 20.8 Å². The Kier molecular flexibility index (Phi) is 5.38. The first-order valence-electron chi connectivity index (χ1n) is 10.4. The Hall–Kier alpha value is -4.73. The van der Waals surface area contributed by atoms with Crippen molar-refractivity contribution in [2.24, 2.45) is 0 Å². The van der Waals surface area contributed by atoms with E-state index in [4.69, 9.17) is 13.7 Å². The predicted octanol–water partition coefficient (Wildman–Crippen LogP) is 4.88. The average Bonchev–Trinajstić information content (AvgIpc) is 3.57. The standard InChI is InChI=1S/C24H20N6O4/c1-14-15(2)30(13-25-14)22-12-23(27-16(3)26-22)33-18-8-6-17(7-9-18)28-24(31)19-11-21(34-29-19)20-5-4-10-32-20/h4-13H,1-3H3,(H,28,31). The lowest BCUT2D eigenvalue weighted by Gasteiger charge is -2.10. The zero-order valence-electron chi connectivity index (χ0n) is 18.6. The van der Waals surface area contributed by atoms with Crippen molar-refractivity contribution >= 4 is 11.6 Å². The van der Waals surface area contributed by atoms with Gasteiger partial charge in [-0.2, -0.15) is 4.98 Å².